The highest BCUT2D eigenvalue weighted by molar-refractivity contribution is 7.85. The Balaban J connectivity index is 2.20. The minimum absolute atomic E-state index is 0.500. The summed E-state index contributed by atoms with van der Waals surface area (Å²) in [6.07, 6.45) is 9.35. The molecule has 1 aromatic carbocycles. The molecule has 0 aliphatic heterocycles. The van der Waals surface area contributed by atoms with Gasteiger partial charge < -0.3 is 14.3 Å². The second kappa shape index (κ2) is 15.1. The van der Waals surface area contributed by atoms with E-state index in [1.807, 2.05) is 38.1 Å². The molecule has 1 rings (SSSR count). The maximum atomic E-state index is 11.9. The number of allylic oxidation sites excluding steroid dienone is 1. The standard InChI is InChI=1S/C23H37NO4S/c1-6-7-13-27-22-16-19(2)23(20(3)17-22)28-14-11-9-8-10-12-15-29(25)18-21(4)24-26-5/h6-7,16-17H,8-15,18H2,1-5H3/b7-6+,24-21+. The Morgan fingerprint density at radius 1 is 1.07 bits per heavy atom. The highest BCUT2D eigenvalue weighted by Gasteiger charge is 2.07. The van der Waals surface area contributed by atoms with E-state index in [-0.39, 0.29) is 0 Å². The van der Waals surface area contributed by atoms with Gasteiger partial charge in [0, 0.05) is 16.6 Å². The van der Waals surface area contributed by atoms with Crippen LogP contribution in [0, 0.1) is 13.8 Å². The van der Waals surface area contributed by atoms with Crippen molar-refractivity contribution < 1.29 is 18.5 Å². The fourth-order valence-corrected chi connectivity index (χ4v) is 4.21. The summed E-state index contributed by atoms with van der Waals surface area (Å²) in [5.41, 5.74) is 3.00. The van der Waals surface area contributed by atoms with Crippen molar-refractivity contribution in [1.82, 2.24) is 0 Å². The fourth-order valence-electron chi connectivity index (χ4n) is 3.02. The Labute approximate surface area is 179 Å². The lowest BCUT2D eigenvalue weighted by molar-refractivity contribution is 0.213. The second-order valence-electron chi connectivity index (χ2n) is 7.18. The zero-order chi connectivity index (χ0) is 21.5. The minimum atomic E-state index is -0.845. The summed E-state index contributed by atoms with van der Waals surface area (Å²) < 4.78 is 23.7. The molecule has 0 aliphatic rings. The van der Waals surface area contributed by atoms with Crippen LogP contribution in [0.5, 0.6) is 11.5 Å². The predicted molar refractivity (Wildman–Crippen MR) is 123 cm³/mol. The number of hydrogen-bond acceptors (Lipinski definition) is 5. The van der Waals surface area contributed by atoms with E-state index in [1.54, 1.807) is 0 Å². The molecule has 0 aliphatic carbocycles. The third kappa shape index (κ3) is 11.1. The summed E-state index contributed by atoms with van der Waals surface area (Å²) >= 11 is 0. The van der Waals surface area contributed by atoms with Crippen LogP contribution in [0.2, 0.25) is 0 Å². The van der Waals surface area contributed by atoms with Crippen LogP contribution in [0.4, 0.5) is 0 Å². The molecule has 0 radical (unpaired) electrons. The molecule has 0 amide bonds. The topological polar surface area (TPSA) is 57.1 Å². The van der Waals surface area contributed by atoms with E-state index in [2.05, 4.69) is 19.0 Å². The van der Waals surface area contributed by atoms with Crippen molar-refractivity contribution in [3.63, 3.8) is 0 Å². The molecule has 0 bridgehead atoms. The Bertz CT molecular complexity index is 662. The normalized spacial score (nSPS) is 12.9. The molecule has 0 spiro atoms. The van der Waals surface area contributed by atoms with Gasteiger partial charge in [0.2, 0.25) is 0 Å². The van der Waals surface area contributed by atoms with Gasteiger partial charge in [-0.1, -0.05) is 36.6 Å². The average molecular weight is 424 g/mol. The lowest BCUT2D eigenvalue weighted by atomic mass is 10.1. The molecule has 0 fully saturated rings. The first-order valence-corrected chi connectivity index (χ1v) is 11.9. The first-order chi connectivity index (χ1) is 14.0. The smallest absolute Gasteiger partial charge is 0.125 e. The van der Waals surface area contributed by atoms with Gasteiger partial charge in [-0.2, -0.15) is 0 Å². The molecule has 0 N–H and O–H groups in total. The van der Waals surface area contributed by atoms with Crippen molar-refractivity contribution in [3.8, 4) is 11.5 Å². The monoisotopic (exact) mass is 423 g/mol. The van der Waals surface area contributed by atoms with Crippen molar-refractivity contribution in [2.24, 2.45) is 5.16 Å². The summed E-state index contributed by atoms with van der Waals surface area (Å²) in [7, 11) is 0.663. The number of nitrogens with zero attached hydrogens (tertiary/aromatic N) is 1. The molecule has 6 heteroatoms. The van der Waals surface area contributed by atoms with E-state index in [0.29, 0.717) is 12.4 Å². The van der Waals surface area contributed by atoms with Crippen molar-refractivity contribution in [1.29, 1.82) is 0 Å². The first-order valence-electron chi connectivity index (χ1n) is 10.4. The van der Waals surface area contributed by atoms with Crippen LogP contribution in [0.3, 0.4) is 0 Å². The SMILES string of the molecule is C/C=C/COc1cc(C)c(OCCCCCCCS(=O)C/C(C)=N/OC)c(C)c1. The molecule has 0 saturated carbocycles. The molecule has 1 unspecified atom stereocenters. The number of benzene rings is 1. The number of unbranched alkanes of at least 4 members (excludes halogenated alkanes) is 4. The minimum Gasteiger partial charge on any atom is -0.493 e. The van der Waals surface area contributed by atoms with Crippen LogP contribution >= 0.6 is 0 Å². The Morgan fingerprint density at radius 2 is 1.72 bits per heavy atom. The van der Waals surface area contributed by atoms with Crippen LogP contribution in [0.25, 0.3) is 0 Å². The van der Waals surface area contributed by atoms with Crippen LogP contribution in [-0.2, 0) is 15.6 Å². The second-order valence-corrected chi connectivity index (χ2v) is 8.76. The molecule has 29 heavy (non-hydrogen) atoms. The molecule has 5 nitrogen and oxygen atoms in total. The summed E-state index contributed by atoms with van der Waals surface area (Å²) in [5, 5.41) is 3.80. The van der Waals surface area contributed by atoms with E-state index in [1.165, 1.54) is 7.11 Å². The Kier molecular flexibility index (Phi) is 13.1. The molecular formula is C23H37NO4S. The van der Waals surface area contributed by atoms with Gasteiger partial charge in [-0.15, -0.1) is 0 Å². The molecule has 0 aromatic heterocycles. The largest absolute Gasteiger partial charge is 0.493 e. The molecule has 164 valence electrons. The summed E-state index contributed by atoms with van der Waals surface area (Å²) in [6, 6.07) is 4.07. The predicted octanol–water partition coefficient (Wildman–Crippen LogP) is 5.36. The zero-order valence-corrected chi connectivity index (χ0v) is 19.5. The van der Waals surface area contributed by atoms with E-state index in [0.717, 1.165) is 72.8 Å². The van der Waals surface area contributed by atoms with Gasteiger partial charge in [-0.05, 0) is 63.8 Å². The lowest BCUT2D eigenvalue weighted by Gasteiger charge is -2.14. The molecule has 1 atom stereocenters. The highest BCUT2D eigenvalue weighted by Crippen LogP contribution is 2.28. The van der Waals surface area contributed by atoms with Gasteiger partial charge in [-0.3, -0.25) is 4.21 Å². The van der Waals surface area contributed by atoms with Gasteiger partial charge in [0.1, 0.15) is 25.2 Å². The molecular weight excluding hydrogens is 386 g/mol. The summed E-state index contributed by atoms with van der Waals surface area (Å²) in [6.45, 7) is 9.25. The quantitative estimate of drug-likeness (QED) is 0.165. The highest BCUT2D eigenvalue weighted by atomic mass is 32.2. The number of ether oxygens (including phenoxy) is 2. The first kappa shape index (κ1) is 25.2. The number of oxime groups is 1. The number of rotatable bonds is 15. The third-order valence-corrected chi connectivity index (χ3v) is 5.88. The van der Waals surface area contributed by atoms with E-state index in [4.69, 9.17) is 14.3 Å². The average Bonchev–Trinajstić information content (AvgIpc) is 2.66. The van der Waals surface area contributed by atoms with Crippen LogP contribution in [-0.4, -0.2) is 41.7 Å². The molecule has 0 heterocycles. The molecule has 1 aromatic rings. The van der Waals surface area contributed by atoms with Crippen LogP contribution in [0.1, 0.15) is 57.1 Å². The van der Waals surface area contributed by atoms with Gasteiger partial charge in [-0.25, -0.2) is 0 Å². The van der Waals surface area contributed by atoms with Crippen LogP contribution in [0.15, 0.2) is 29.4 Å². The zero-order valence-electron chi connectivity index (χ0n) is 18.7. The van der Waals surface area contributed by atoms with Crippen molar-refractivity contribution in [2.75, 3.05) is 31.8 Å². The van der Waals surface area contributed by atoms with Gasteiger partial charge >= 0.3 is 0 Å². The third-order valence-electron chi connectivity index (χ3n) is 4.40. The van der Waals surface area contributed by atoms with Gasteiger partial charge in [0.05, 0.1) is 18.1 Å². The lowest BCUT2D eigenvalue weighted by Crippen LogP contribution is -2.10. The van der Waals surface area contributed by atoms with Crippen LogP contribution < -0.4 is 9.47 Å². The van der Waals surface area contributed by atoms with E-state index >= 15 is 0 Å². The van der Waals surface area contributed by atoms with Gasteiger partial charge in [0.25, 0.3) is 0 Å². The maximum Gasteiger partial charge on any atom is 0.125 e. The van der Waals surface area contributed by atoms with Crippen molar-refractivity contribution >= 4 is 16.5 Å². The maximum absolute atomic E-state index is 11.9. The van der Waals surface area contributed by atoms with Crippen molar-refractivity contribution in [3.05, 3.63) is 35.4 Å². The summed E-state index contributed by atoms with van der Waals surface area (Å²) in [5.74, 6) is 3.08. The van der Waals surface area contributed by atoms with E-state index in [9.17, 15) is 4.21 Å². The Hall–Kier alpha value is -1.82. The Morgan fingerprint density at radius 3 is 2.38 bits per heavy atom. The number of aryl methyl sites for hydroxylation is 2. The van der Waals surface area contributed by atoms with E-state index < -0.39 is 10.8 Å². The molecule has 0 saturated heterocycles. The van der Waals surface area contributed by atoms with Crippen molar-refractivity contribution in [2.45, 2.75) is 59.8 Å². The fraction of sp³-hybridized carbons (Fsp3) is 0.609. The summed E-state index contributed by atoms with van der Waals surface area (Å²) in [4.78, 5) is 4.69. The number of hydrogen-bond donors (Lipinski definition) is 0. The van der Waals surface area contributed by atoms with Gasteiger partial charge in [0.15, 0.2) is 0 Å².